The highest BCUT2D eigenvalue weighted by molar-refractivity contribution is 8.03. The molecule has 1 aromatic rings. The van der Waals surface area contributed by atoms with E-state index >= 15 is 0 Å². The van der Waals surface area contributed by atoms with Gasteiger partial charge in [0.2, 0.25) is 5.91 Å². The van der Waals surface area contributed by atoms with E-state index in [9.17, 15) is 9.59 Å². The summed E-state index contributed by atoms with van der Waals surface area (Å²) in [7, 11) is 0. The highest BCUT2D eigenvalue weighted by Gasteiger charge is 2.41. The third-order valence-electron chi connectivity index (χ3n) is 5.42. The zero-order chi connectivity index (χ0) is 20.5. The molecule has 3 rings (SSSR count). The van der Waals surface area contributed by atoms with E-state index in [4.69, 9.17) is 5.73 Å². The van der Waals surface area contributed by atoms with Crippen LogP contribution in [0.4, 0.5) is 0 Å². The van der Waals surface area contributed by atoms with Crippen LogP contribution < -0.4 is 5.73 Å². The Bertz CT molecular complexity index is 882. The summed E-state index contributed by atoms with van der Waals surface area (Å²) in [6.07, 6.45) is 5.42. The van der Waals surface area contributed by atoms with Gasteiger partial charge in [-0.25, -0.2) is 0 Å². The Hall–Kier alpha value is -2.27. The predicted molar refractivity (Wildman–Crippen MR) is 116 cm³/mol. The molecule has 0 spiro atoms. The zero-order valence-electron chi connectivity index (χ0n) is 16.8. The number of carbonyl (C=O) groups excluding carboxylic acids is 2. The zero-order valence-corrected chi connectivity index (χ0v) is 17.6. The van der Waals surface area contributed by atoms with E-state index in [2.05, 4.69) is 51.6 Å². The van der Waals surface area contributed by atoms with Crippen molar-refractivity contribution in [1.29, 1.82) is 0 Å². The van der Waals surface area contributed by atoms with E-state index in [-0.39, 0.29) is 28.9 Å². The average Bonchev–Trinajstić information content (AvgIpc) is 2.63. The number of primary amides is 1. The highest BCUT2D eigenvalue weighted by Crippen LogP contribution is 2.48. The Labute approximate surface area is 171 Å². The van der Waals surface area contributed by atoms with Crippen LogP contribution >= 0.6 is 11.8 Å². The van der Waals surface area contributed by atoms with Crippen LogP contribution in [-0.4, -0.2) is 29.0 Å². The molecule has 0 fully saturated rings. The van der Waals surface area contributed by atoms with Crippen LogP contribution in [0.25, 0.3) is 5.57 Å². The number of nitrogens with two attached hydrogens (primary N) is 1. The monoisotopic (exact) mass is 396 g/mol. The Morgan fingerprint density at radius 2 is 2.11 bits per heavy atom. The van der Waals surface area contributed by atoms with Crippen molar-refractivity contribution in [1.82, 2.24) is 4.90 Å². The van der Waals surface area contributed by atoms with Gasteiger partial charge in [0.1, 0.15) is 0 Å². The number of fused-ring (bicyclic) bond motifs is 2. The van der Waals surface area contributed by atoms with Gasteiger partial charge >= 0.3 is 0 Å². The molecular weight excluding hydrogens is 368 g/mol. The second-order valence-electron chi connectivity index (χ2n) is 8.15. The maximum Gasteiger partial charge on any atom is 0.255 e. The second-order valence-corrected chi connectivity index (χ2v) is 9.14. The lowest BCUT2D eigenvalue weighted by Gasteiger charge is -2.41. The van der Waals surface area contributed by atoms with Crippen LogP contribution in [0.15, 0.2) is 53.6 Å². The summed E-state index contributed by atoms with van der Waals surface area (Å²) in [4.78, 5) is 26.9. The SMILES string of the molecule is C=CCN1C(=O)C2=C(c3ccccc3CC2(C)C)C(C)CC=C1SCC(N)=O. The maximum absolute atomic E-state index is 13.8. The van der Waals surface area contributed by atoms with Gasteiger partial charge in [-0.1, -0.05) is 69.0 Å². The van der Waals surface area contributed by atoms with Crippen LogP contribution in [0.5, 0.6) is 0 Å². The first-order chi connectivity index (χ1) is 13.3. The maximum atomic E-state index is 13.8. The molecule has 0 aromatic heterocycles. The molecule has 1 unspecified atom stereocenters. The van der Waals surface area contributed by atoms with E-state index in [1.165, 1.54) is 22.9 Å². The first-order valence-electron chi connectivity index (χ1n) is 9.63. The van der Waals surface area contributed by atoms with Gasteiger partial charge in [0.25, 0.3) is 5.91 Å². The second kappa shape index (κ2) is 8.00. The number of carbonyl (C=O) groups is 2. The molecule has 4 nitrogen and oxygen atoms in total. The fourth-order valence-electron chi connectivity index (χ4n) is 4.24. The molecule has 0 radical (unpaired) electrons. The minimum absolute atomic E-state index is 0.00386. The van der Waals surface area contributed by atoms with Gasteiger partial charge in [0, 0.05) is 12.1 Å². The molecular formula is C23H28N2O2S. The molecule has 1 aliphatic carbocycles. The van der Waals surface area contributed by atoms with Gasteiger partial charge in [-0.15, -0.1) is 6.58 Å². The van der Waals surface area contributed by atoms with Crippen molar-refractivity contribution in [3.05, 3.63) is 64.7 Å². The third-order valence-corrected chi connectivity index (χ3v) is 6.54. The molecule has 1 aromatic carbocycles. The van der Waals surface area contributed by atoms with E-state index in [0.29, 0.717) is 6.54 Å². The van der Waals surface area contributed by atoms with Gasteiger partial charge < -0.3 is 5.73 Å². The number of allylic oxidation sites excluding steroid dienone is 2. The van der Waals surface area contributed by atoms with Crippen molar-refractivity contribution in [2.45, 2.75) is 33.6 Å². The molecule has 0 bridgehead atoms. The van der Waals surface area contributed by atoms with Crippen molar-refractivity contribution in [3.63, 3.8) is 0 Å². The van der Waals surface area contributed by atoms with Crippen molar-refractivity contribution in [2.24, 2.45) is 17.1 Å². The fourth-order valence-corrected chi connectivity index (χ4v) is 5.06. The number of benzene rings is 1. The highest BCUT2D eigenvalue weighted by atomic mass is 32.2. The largest absolute Gasteiger partial charge is 0.369 e. The predicted octanol–water partition coefficient (Wildman–Crippen LogP) is 4.14. The lowest BCUT2D eigenvalue weighted by molar-refractivity contribution is -0.125. The molecule has 1 aliphatic heterocycles. The lowest BCUT2D eigenvalue weighted by Crippen LogP contribution is -2.40. The molecule has 1 atom stereocenters. The summed E-state index contributed by atoms with van der Waals surface area (Å²) in [6.45, 7) is 10.7. The molecule has 0 saturated heterocycles. The fraction of sp³-hybridized carbons (Fsp3) is 0.391. The summed E-state index contributed by atoms with van der Waals surface area (Å²) in [6, 6.07) is 8.42. The minimum atomic E-state index is -0.390. The topological polar surface area (TPSA) is 63.4 Å². The summed E-state index contributed by atoms with van der Waals surface area (Å²) < 4.78 is 0. The van der Waals surface area contributed by atoms with E-state index < -0.39 is 0 Å². The van der Waals surface area contributed by atoms with E-state index in [0.717, 1.165) is 29.0 Å². The van der Waals surface area contributed by atoms with Crippen molar-refractivity contribution >= 4 is 29.1 Å². The quantitative estimate of drug-likeness (QED) is 0.761. The first-order valence-corrected chi connectivity index (χ1v) is 10.6. The van der Waals surface area contributed by atoms with Gasteiger partial charge in [-0.3, -0.25) is 14.5 Å². The Kier molecular flexibility index (Phi) is 5.84. The van der Waals surface area contributed by atoms with Gasteiger partial charge in [0.15, 0.2) is 0 Å². The molecule has 2 aliphatic rings. The number of nitrogens with zero attached hydrogens (tertiary/aromatic N) is 1. The van der Waals surface area contributed by atoms with Gasteiger partial charge in [-0.2, -0.15) is 0 Å². The Balaban J connectivity index is 2.15. The molecule has 2 N–H and O–H groups in total. The summed E-state index contributed by atoms with van der Waals surface area (Å²) in [5.74, 6) is -0.0306. The van der Waals surface area contributed by atoms with Gasteiger partial charge in [0.05, 0.1) is 10.8 Å². The Morgan fingerprint density at radius 1 is 1.39 bits per heavy atom. The first kappa shape index (κ1) is 20.5. The lowest BCUT2D eigenvalue weighted by atomic mass is 9.66. The number of hydrogen-bond donors (Lipinski definition) is 1. The number of amides is 2. The van der Waals surface area contributed by atoms with Crippen LogP contribution in [0.3, 0.4) is 0 Å². The number of thioether (sulfide) groups is 1. The molecule has 148 valence electrons. The smallest absolute Gasteiger partial charge is 0.255 e. The number of hydrogen-bond acceptors (Lipinski definition) is 3. The van der Waals surface area contributed by atoms with E-state index in [1.54, 1.807) is 11.0 Å². The van der Waals surface area contributed by atoms with Crippen molar-refractivity contribution in [3.8, 4) is 0 Å². The van der Waals surface area contributed by atoms with Crippen molar-refractivity contribution in [2.75, 3.05) is 12.3 Å². The minimum Gasteiger partial charge on any atom is -0.369 e. The van der Waals surface area contributed by atoms with Crippen LogP contribution in [0.2, 0.25) is 0 Å². The molecule has 5 heteroatoms. The summed E-state index contributed by atoms with van der Waals surface area (Å²) in [5.41, 5.74) is 9.60. The summed E-state index contributed by atoms with van der Waals surface area (Å²) >= 11 is 1.33. The van der Waals surface area contributed by atoms with Gasteiger partial charge in [-0.05, 0) is 40.9 Å². The normalized spacial score (nSPS) is 21.2. The molecule has 1 heterocycles. The van der Waals surface area contributed by atoms with Crippen molar-refractivity contribution < 1.29 is 9.59 Å². The molecule has 0 saturated carbocycles. The summed E-state index contributed by atoms with van der Waals surface area (Å²) in [5, 5.41) is 0.789. The third kappa shape index (κ3) is 3.81. The van der Waals surface area contributed by atoms with Crippen LogP contribution in [-0.2, 0) is 16.0 Å². The standard InChI is InChI=1S/C23H28N2O2S/c1-5-12-25-19(28-14-18(24)26)11-10-15(2)20-17-9-7-6-8-16(17)13-23(3,4)21(20)22(25)27/h5-9,11,15H,1,10,12-14H2,2-4H3,(H2,24,26). The van der Waals surface area contributed by atoms with E-state index in [1.807, 2.05) is 6.07 Å². The Morgan fingerprint density at radius 3 is 2.79 bits per heavy atom. The number of rotatable bonds is 5. The van der Waals surface area contributed by atoms with Crippen LogP contribution in [0, 0.1) is 11.3 Å². The average molecular weight is 397 g/mol. The molecule has 2 amide bonds. The molecule has 28 heavy (non-hydrogen) atoms. The van der Waals surface area contributed by atoms with Crippen LogP contribution in [0.1, 0.15) is 38.3 Å².